The predicted molar refractivity (Wildman–Crippen MR) is 86.8 cm³/mol. The number of rotatable bonds is 4. The molecule has 2 nitrogen and oxygen atoms in total. The SMILES string of the molecule is O=C(NCC(F)(F)c1ccc(Cl)cc1)c1ccccc1I. The molecular weight excluding hydrogens is 411 g/mol. The molecule has 0 unspecified atom stereocenters. The number of carbonyl (C=O) groups excluding carboxylic acids is 1. The molecule has 0 saturated heterocycles. The highest BCUT2D eigenvalue weighted by Gasteiger charge is 2.32. The van der Waals surface area contributed by atoms with Gasteiger partial charge in [0.1, 0.15) is 0 Å². The summed E-state index contributed by atoms with van der Waals surface area (Å²) in [5, 5.41) is 2.65. The van der Waals surface area contributed by atoms with Gasteiger partial charge in [0, 0.05) is 14.2 Å². The number of hydrogen-bond donors (Lipinski definition) is 1. The van der Waals surface area contributed by atoms with Crippen LogP contribution < -0.4 is 5.32 Å². The number of carbonyl (C=O) groups is 1. The molecule has 0 aliphatic heterocycles. The minimum absolute atomic E-state index is 0.185. The first-order valence-electron chi connectivity index (χ1n) is 6.07. The standard InChI is InChI=1S/C15H11ClF2INO/c16-11-7-5-10(6-8-11)15(17,18)9-20-14(21)12-3-1-2-4-13(12)19/h1-8H,9H2,(H,20,21). The molecule has 1 N–H and O–H groups in total. The van der Waals surface area contributed by atoms with E-state index >= 15 is 0 Å². The zero-order valence-corrected chi connectivity index (χ0v) is 13.7. The minimum Gasteiger partial charge on any atom is -0.346 e. The fourth-order valence-electron chi connectivity index (χ4n) is 1.73. The van der Waals surface area contributed by atoms with Crippen molar-refractivity contribution >= 4 is 40.1 Å². The van der Waals surface area contributed by atoms with Gasteiger partial charge in [-0.1, -0.05) is 35.9 Å². The summed E-state index contributed by atoms with van der Waals surface area (Å²) < 4.78 is 28.7. The Bertz CT molecular complexity index is 646. The second-order valence-corrected chi connectivity index (χ2v) is 5.97. The lowest BCUT2D eigenvalue weighted by molar-refractivity contribution is -0.00247. The molecular formula is C15H11ClF2INO. The van der Waals surface area contributed by atoms with Gasteiger partial charge in [-0.25, -0.2) is 0 Å². The summed E-state index contributed by atoms with van der Waals surface area (Å²) in [5.74, 6) is -3.67. The second kappa shape index (κ2) is 6.70. The topological polar surface area (TPSA) is 29.1 Å². The Balaban J connectivity index is 2.06. The Morgan fingerprint density at radius 1 is 1.14 bits per heavy atom. The van der Waals surface area contributed by atoms with Crippen molar-refractivity contribution in [1.29, 1.82) is 0 Å². The van der Waals surface area contributed by atoms with E-state index in [0.29, 0.717) is 14.2 Å². The summed E-state index contributed by atoms with van der Waals surface area (Å²) in [6, 6.07) is 12.1. The Labute approximate surface area is 139 Å². The van der Waals surface area contributed by atoms with Crippen LogP contribution in [0.1, 0.15) is 15.9 Å². The van der Waals surface area contributed by atoms with Crippen LogP contribution >= 0.6 is 34.2 Å². The molecule has 0 aliphatic carbocycles. The van der Waals surface area contributed by atoms with Gasteiger partial charge >= 0.3 is 0 Å². The van der Waals surface area contributed by atoms with E-state index in [1.54, 1.807) is 24.3 Å². The molecule has 2 aromatic rings. The molecule has 0 radical (unpaired) electrons. The van der Waals surface area contributed by atoms with E-state index in [1.807, 2.05) is 22.6 Å². The molecule has 0 heterocycles. The first kappa shape index (κ1) is 16.2. The lowest BCUT2D eigenvalue weighted by Gasteiger charge is -2.17. The van der Waals surface area contributed by atoms with Crippen molar-refractivity contribution in [2.75, 3.05) is 6.54 Å². The molecule has 0 saturated carbocycles. The summed E-state index contributed by atoms with van der Waals surface area (Å²) in [4.78, 5) is 11.9. The van der Waals surface area contributed by atoms with Gasteiger partial charge in [0.15, 0.2) is 0 Å². The van der Waals surface area contributed by atoms with Crippen LogP contribution in [-0.4, -0.2) is 12.5 Å². The second-order valence-electron chi connectivity index (χ2n) is 4.37. The van der Waals surface area contributed by atoms with E-state index in [-0.39, 0.29) is 5.56 Å². The quantitative estimate of drug-likeness (QED) is 0.726. The van der Waals surface area contributed by atoms with Gasteiger partial charge in [0.25, 0.3) is 11.8 Å². The molecule has 0 spiro atoms. The summed E-state index contributed by atoms with van der Waals surface area (Å²) in [6.07, 6.45) is 0. The molecule has 21 heavy (non-hydrogen) atoms. The Morgan fingerprint density at radius 3 is 2.38 bits per heavy atom. The molecule has 0 aromatic heterocycles. The Hall–Kier alpha value is -1.21. The number of halogens is 4. The van der Waals surface area contributed by atoms with Crippen LogP contribution in [0.5, 0.6) is 0 Å². The summed E-state index contributed by atoms with van der Waals surface area (Å²) in [6.45, 7) is -0.765. The number of alkyl halides is 2. The molecule has 0 atom stereocenters. The van der Waals surface area contributed by atoms with Gasteiger partial charge in [0.2, 0.25) is 0 Å². The normalized spacial score (nSPS) is 11.2. The third kappa shape index (κ3) is 4.14. The van der Waals surface area contributed by atoms with Crippen molar-refractivity contribution < 1.29 is 13.6 Å². The zero-order valence-electron chi connectivity index (χ0n) is 10.7. The largest absolute Gasteiger partial charge is 0.346 e. The van der Waals surface area contributed by atoms with E-state index in [9.17, 15) is 13.6 Å². The molecule has 0 aliphatic rings. The van der Waals surface area contributed by atoms with E-state index in [1.165, 1.54) is 24.3 Å². The van der Waals surface area contributed by atoms with Crippen molar-refractivity contribution in [3.63, 3.8) is 0 Å². The highest BCUT2D eigenvalue weighted by Crippen LogP contribution is 2.28. The van der Waals surface area contributed by atoms with Crippen molar-refractivity contribution in [3.8, 4) is 0 Å². The first-order chi connectivity index (χ1) is 9.90. The van der Waals surface area contributed by atoms with Crippen LogP contribution in [0.2, 0.25) is 5.02 Å². The first-order valence-corrected chi connectivity index (χ1v) is 7.52. The van der Waals surface area contributed by atoms with Crippen LogP contribution in [0, 0.1) is 3.57 Å². The molecule has 6 heteroatoms. The fourth-order valence-corrected chi connectivity index (χ4v) is 2.49. The van der Waals surface area contributed by atoms with Crippen LogP contribution in [0.15, 0.2) is 48.5 Å². The maximum absolute atomic E-state index is 14.0. The van der Waals surface area contributed by atoms with Crippen LogP contribution in [0.4, 0.5) is 8.78 Å². The minimum atomic E-state index is -3.15. The zero-order chi connectivity index (χ0) is 15.5. The third-order valence-corrected chi connectivity index (χ3v) is 4.05. The summed E-state index contributed by atoms with van der Waals surface area (Å²) in [5.41, 5.74) is 0.194. The Morgan fingerprint density at radius 2 is 1.76 bits per heavy atom. The highest BCUT2D eigenvalue weighted by atomic mass is 127. The molecule has 2 aromatic carbocycles. The lowest BCUT2D eigenvalue weighted by atomic mass is 10.1. The fraction of sp³-hybridized carbons (Fsp3) is 0.133. The number of amides is 1. The summed E-state index contributed by atoms with van der Waals surface area (Å²) in [7, 11) is 0. The van der Waals surface area contributed by atoms with Crippen molar-refractivity contribution in [1.82, 2.24) is 5.32 Å². The highest BCUT2D eigenvalue weighted by molar-refractivity contribution is 14.1. The van der Waals surface area contributed by atoms with Gasteiger partial charge in [-0.2, -0.15) is 8.78 Å². The molecule has 2 rings (SSSR count). The van der Waals surface area contributed by atoms with E-state index in [0.717, 1.165) is 0 Å². The number of hydrogen-bond acceptors (Lipinski definition) is 1. The smallest absolute Gasteiger partial charge is 0.290 e. The Kier molecular flexibility index (Phi) is 5.16. The van der Waals surface area contributed by atoms with Crippen LogP contribution in [0.25, 0.3) is 0 Å². The number of benzene rings is 2. The van der Waals surface area contributed by atoms with Gasteiger partial charge in [-0.3, -0.25) is 4.79 Å². The monoisotopic (exact) mass is 421 g/mol. The molecule has 0 fully saturated rings. The van der Waals surface area contributed by atoms with Crippen molar-refractivity contribution in [2.24, 2.45) is 0 Å². The molecule has 110 valence electrons. The van der Waals surface area contributed by atoms with Crippen molar-refractivity contribution in [3.05, 3.63) is 68.3 Å². The lowest BCUT2D eigenvalue weighted by Crippen LogP contribution is -2.35. The van der Waals surface area contributed by atoms with E-state index < -0.39 is 18.4 Å². The van der Waals surface area contributed by atoms with Gasteiger partial charge in [0.05, 0.1) is 12.1 Å². The maximum atomic E-state index is 14.0. The molecule has 0 bridgehead atoms. The number of nitrogens with one attached hydrogen (secondary N) is 1. The van der Waals surface area contributed by atoms with Crippen LogP contribution in [0.3, 0.4) is 0 Å². The average Bonchev–Trinajstić information content (AvgIpc) is 2.46. The average molecular weight is 422 g/mol. The maximum Gasteiger partial charge on any atom is 0.290 e. The molecule has 1 amide bonds. The van der Waals surface area contributed by atoms with Gasteiger partial charge < -0.3 is 5.32 Å². The van der Waals surface area contributed by atoms with E-state index in [4.69, 9.17) is 11.6 Å². The van der Waals surface area contributed by atoms with E-state index in [2.05, 4.69) is 5.32 Å². The third-order valence-electron chi connectivity index (χ3n) is 2.86. The van der Waals surface area contributed by atoms with Gasteiger partial charge in [-0.15, -0.1) is 0 Å². The van der Waals surface area contributed by atoms with Crippen molar-refractivity contribution in [2.45, 2.75) is 5.92 Å². The van der Waals surface area contributed by atoms with Gasteiger partial charge in [-0.05, 0) is 46.9 Å². The summed E-state index contributed by atoms with van der Waals surface area (Å²) >= 11 is 7.66. The van der Waals surface area contributed by atoms with Crippen LogP contribution in [-0.2, 0) is 5.92 Å². The predicted octanol–water partition coefficient (Wildman–Crippen LogP) is 4.47.